The van der Waals surface area contributed by atoms with Crippen LogP contribution in [-0.4, -0.2) is 31.8 Å². The number of para-hydroxylation sites is 1. The van der Waals surface area contributed by atoms with Gasteiger partial charge in [-0.2, -0.15) is 0 Å². The number of amides is 1. The van der Waals surface area contributed by atoms with Crippen molar-refractivity contribution in [1.29, 1.82) is 0 Å². The van der Waals surface area contributed by atoms with E-state index >= 15 is 0 Å². The van der Waals surface area contributed by atoms with Crippen LogP contribution in [0.4, 0.5) is 10.1 Å². The number of carbonyl (C=O) groups excluding carboxylic acids is 1. The minimum absolute atomic E-state index is 0.0657. The molecule has 0 aliphatic heterocycles. The third-order valence-corrected chi connectivity index (χ3v) is 6.62. The van der Waals surface area contributed by atoms with E-state index < -0.39 is 33.9 Å². The molecule has 4 aromatic rings. The lowest BCUT2D eigenvalue weighted by atomic mass is 10.1. The van der Waals surface area contributed by atoms with E-state index in [1.807, 2.05) is 6.92 Å². The summed E-state index contributed by atoms with van der Waals surface area (Å²) in [5.41, 5.74) is -0.0219. The number of halogens is 3. The molecule has 4 rings (SSSR count). The van der Waals surface area contributed by atoms with Crippen LogP contribution >= 0.6 is 23.2 Å². The van der Waals surface area contributed by atoms with Gasteiger partial charge in [0.1, 0.15) is 16.7 Å². The fourth-order valence-electron chi connectivity index (χ4n) is 4.25. The molecule has 1 amide bonds. The quantitative estimate of drug-likeness (QED) is 0.200. The second kappa shape index (κ2) is 10.7. The molecule has 37 heavy (non-hydrogen) atoms. The van der Waals surface area contributed by atoms with Crippen LogP contribution in [0.5, 0.6) is 0 Å². The van der Waals surface area contributed by atoms with Crippen molar-refractivity contribution in [2.45, 2.75) is 26.3 Å². The van der Waals surface area contributed by atoms with Gasteiger partial charge in [-0.15, -0.1) is 0 Å². The molecule has 0 saturated carbocycles. The van der Waals surface area contributed by atoms with Gasteiger partial charge < -0.3 is 4.90 Å². The van der Waals surface area contributed by atoms with Crippen LogP contribution in [0.1, 0.15) is 42.5 Å². The lowest BCUT2D eigenvalue weighted by molar-refractivity contribution is -0.384. The van der Waals surface area contributed by atoms with Crippen LogP contribution in [0.25, 0.3) is 16.6 Å². The molecule has 0 saturated heterocycles. The number of rotatable bonds is 7. The average molecular weight is 543 g/mol. The second-order valence-corrected chi connectivity index (χ2v) is 8.98. The molecule has 1 heterocycles. The molecule has 0 aliphatic rings. The van der Waals surface area contributed by atoms with E-state index in [0.29, 0.717) is 17.3 Å². The van der Waals surface area contributed by atoms with E-state index in [4.69, 9.17) is 28.2 Å². The number of hydrogen-bond donors (Lipinski definition) is 0. The van der Waals surface area contributed by atoms with Gasteiger partial charge in [-0.25, -0.2) is 9.37 Å². The molecular weight excluding hydrogens is 522 g/mol. The first-order valence-corrected chi connectivity index (χ1v) is 12.2. The van der Waals surface area contributed by atoms with Gasteiger partial charge >= 0.3 is 0 Å². The summed E-state index contributed by atoms with van der Waals surface area (Å²) in [4.78, 5) is 44.2. The maximum absolute atomic E-state index is 13.9. The number of aromatic nitrogens is 2. The van der Waals surface area contributed by atoms with Crippen LogP contribution in [-0.2, 0) is 0 Å². The highest BCUT2D eigenvalue weighted by Crippen LogP contribution is 2.30. The van der Waals surface area contributed by atoms with Crippen molar-refractivity contribution in [3.05, 3.63) is 108 Å². The molecule has 1 atom stereocenters. The normalized spacial score (nSPS) is 11.9. The molecule has 0 N–H and O–H groups in total. The van der Waals surface area contributed by atoms with Crippen molar-refractivity contribution >= 4 is 45.7 Å². The van der Waals surface area contributed by atoms with Crippen LogP contribution in [0.15, 0.2) is 65.5 Å². The molecule has 0 aliphatic carbocycles. The highest BCUT2D eigenvalue weighted by atomic mass is 35.5. The van der Waals surface area contributed by atoms with Crippen LogP contribution in [0, 0.1) is 15.9 Å². The smallest absolute Gasteiger partial charge is 0.288 e. The highest BCUT2D eigenvalue weighted by Gasteiger charge is 2.30. The Balaban J connectivity index is 1.93. The van der Waals surface area contributed by atoms with Crippen molar-refractivity contribution in [3.63, 3.8) is 0 Å². The number of hydrogen-bond acceptors (Lipinski definition) is 5. The molecule has 11 heteroatoms. The number of carbonyl (C=O) groups is 1. The number of benzene rings is 3. The second-order valence-electron chi connectivity index (χ2n) is 8.16. The van der Waals surface area contributed by atoms with Gasteiger partial charge in [0.2, 0.25) is 0 Å². The van der Waals surface area contributed by atoms with Gasteiger partial charge in [0.15, 0.2) is 0 Å². The Kier molecular flexibility index (Phi) is 7.56. The third kappa shape index (κ3) is 4.92. The Morgan fingerprint density at radius 2 is 1.84 bits per heavy atom. The zero-order valence-corrected chi connectivity index (χ0v) is 21.3. The number of nitro benzene ring substituents is 1. The van der Waals surface area contributed by atoms with Crippen molar-refractivity contribution in [2.24, 2.45) is 0 Å². The monoisotopic (exact) mass is 542 g/mol. The van der Waals surface area contributed by atoms with E-state index in [0.717, 1.165) is 12.1 Å². The van der Waals surface area contributed by atoms with Gasteiger partial charge in [0, 0.05) is 18.2 Å². The maximum atomic E-state index is 13.9. The summed E-state index contributed by atoms with van der Waals surface area (Å²) in [6.07, 6.45) is 0.356. The van der Waals surface area contributed by atoms with E-state index in [-0.39, 0.29) is 33.7 Å². The molecule has 8 nitrogen and oxygen atoms in total. The number of nitrogens with zero attached hydrogens (tertiary/aromatic N) is 4. The first-order chi connectivity index (χ1) is 17.7. The fraction of sp³-hybridized carbons (Fsp3) is 0.192. The zero-order valence-electron chi connectivity index (χ0n) is 19.8. The summed E-state index contributed by atoms with van der Waals surface area (Å²) < 4.78 is 15.3. The molecule has 0 spiro atoms. The molecule has 0 bridgehead atoms. The highest BCUT2D eigenvalue weighted by molar-refractivity contribution is 6.32. The minimum atomic E-state index is -0.714. The molecular formula is C26H21Cl2FN4O4. The van der Waals surface area contributed by atoms with Crippen molar-refractivity contribution in [2.75, 3.05) is 6.54 Å². The summed E-state index contributed by atoms with van der Waals surface area (Å²) in [6.45, 7) is 3.79. The number of nitro groups is 1. The van der Waals surface area contributed by atoms with Crippen molar-refractivity contribution in [3.8, 4) is 5.69 Å². The first kappa shape index (κ1) is 26.2. The Morgan fingerprint density at radius 3 is 2.49 bits per heavy atom. The van der Waals surface area contributed by atoms with E-state index in [2.05, 4.69) is 0 Å². The summed E-state index contributed by atoms with van der Waals surface area (Å²) in [5.74, 6) is -0.900. The predicted molar refractivity (Wildman–Crippen MR) is 140 cm³/mol. The molecule has 190 valence electrons. The Labute approximate surface area is 221 Å². The first-order valence-electron chi connectivity index (χ1n) is 11.4. The van der Waals surface area contributed by atoms with Crippen molar-refractivity contribution < 1.29 is 14.1 Å². The van der Waals surface area contributed by atoms with Crippen LogP contribution in [0.2, 0.25) is 10.0 Å². The Hall–Kier alpha value is -3.82. The van der Waals surface area contributed by atoms with E-state index in [9.17, 15) is 24.1 Å². The SMILES string of the molecule is CCC(c1nc2ccccc2c(=O)n1-c1ccc(F)c(Cl)c1)N(CC)C(=O)c1ccc(Cl)c([N+](=O)[O-])c1. The van der Waals surface area contributed by atoms with Crippen LogP contribution in [0.3, 0.4) is 0 Å². The van der Waals surface area contributed by atoms with E-state index in [1.54, 1.807) is 31.2 Å². The van der Waals surface area contributed by atoms with Gasteiger partial charge in [-0.1, -0.05) is 42.3 Å². The third-order valence-electron chi connectivity index (χ3n) is 6.02. The van der Waals surface area contributed by atoms with Gasteiger partial charge in [0.25, 0.3) is 17.2 Å². The largest absolute Gasteiger partial charge is 0.329 e. The minimum Gasteiger partial charge on any atom is -0.329 e. The fourth-order valence-corrected chi connectivity index (χ4v) is 4.61. The summed E-state index contributed by atoms with van der Waals surface area (Å²) in [5, 5.41) is 11.4. The molecule has 0 fully saturated rings. The number of fused-ring (bicyclic) bond motifs is 1. The summed E-state index contributed by atoms with van der Waals surface area (Å²) in [7, 11) is 0. The molecule has 1 aromatic heterocycles. The lowest BCUT2D eigenvalue weighted by Gasteiger charge is -2.31. The maximum Gasteiger partial charge on any atom is 0.288 e. The molecule has 1 unspecified atom stereocenters. The summed E-state index contributed by atoms with van der Waals surface area (Å²) >= 11 is 12.0. The van der Waals surface area contributed by atoms with E-state index in [1.165, 1.54) is 33.7 Å². The Morgan fingerprint density at radius 1 is 1.11 bits per heavy atom. The Bertz CT molecular complexity index is 1590. The zero-order chi connectivity index (χ0) is 26.9. The topological polar surface area (TPSA) is 98.3 Å². The summed E-state index contributed by atoms with van der Waals surface area (Å²) in [6, 6.07) is 13.8. The van der Waals surface area contributed by atoms with Crippen LogP contribution < -0.4 is 5.56 Å². The molecule has 0 radical (unpaired) electrons. The van der Waals surface area contributed by atoms with Crippen molar-refractivity contribution in [1.82, 2.24) is 14.5 Å². The average Bonchev–Trinajstić information content (AvgIpc) is 2.88. The van der Waals surface area contributed by atoms with Gasteiger partial charge in [-0.3, -0.25) is 24.3 Å². The van der Waals surface area contributed by atoms with Gasteiger partial charge in [-0.05, 0) is 55.8 Å². The standard InChI is InChI=1S/C26H21Cl2FN4O4/c1-3-22(31(4-2)25(34)15-9-11-18(27)23(13-15)33(36)37)24-30-21-8-6-5-7-17(21)26(35)32(24)16-10-12-20(29)19(28)14-16/h5-14,22H,3-4H2,1-2H3. The van der Waals surface area contributed by atoms with Gasteiger partial charge in [0.05, 0.1) is 32.6 Å². The lowest BCUT2D eigenvalue weighted by Crippen LogP contribution is -2.38. The molecule has 3 aromatic carbocycles. The predicted octanol–water partition coefficient (Wildman–Crippen LogP) is 6.35.